The first-order valence-electron chi connectivity index (χ1n) is 9.52. The zero-order chi connectivity index (χ0) is 23.3. The molecule has 1 heterocycles. The summed E-state index contributed by atoms with van der Waals surface area (Å²) in [7, 11) is -3.29. The van der Waals surface area contributed by atoms with Crippen molar-refractivity contribution in [1.29, 1.82) is 0 Å². The number of aromatic nitrogens is 2. The number of hydrogen-bond acceptors (Lipinski definition) is 6. The third-order valence-electron chi connectivity index (χ3n) is 4.26. The van der Waals surface area contributed by atoms with E-state index in [4.69, 9.17) is 16.3 Å². The van der Waals surface area contributed by atoms with Crippen LogP contribution in [0, 0.1) is 18.7 Å². The summed E-state index contributed by atoms with van der Waals surface area (Å²) in [5.41, 5.74) is 0.919. The second-order valence-electron chi connectivity index (χ2n) is 7.49. The summed E-state index contributed by atoms with van der Waals surface area (Å²) in [5.74, 6) is -0.888. The van der Waals surface area contributed by atoms with E-state index in [1.807, 2.05) is 13.8 Å². The molecule has 0 aliphatic carbocycles. The molecular formula is C21H25ClFN3O4S. The highest BCUT2D eigenvalue weighted by atomic mass is 35.5. The number of aryl methyl sites for hydroxylation is 1. The van der Waals surface area contributed by atoms with Crippen LogP contribution in [0.15, 0.2) is 35.9 Å². The number of carbonyl (C=O) groups is 1. The fourth-order valence-electron chi connectivity index (χ4n) is 2.70. The molecule has 0 fully saturated rings. The Morgan fingerprint density at radius 1 is 1.29 bits per heavy atom. The van der Waals surface area contributed by atoms with E-state index in [9.17, 15) is 17.6 Å². The van der Waals surface area contributed by atoms with Crippen LogP contribution in [0.5, 0.6) is 5.75 Å². The van der Waals surface area contributed by atoms with Gasteiger partial charge in [-0.1, -0.05) is 43.7 Å². The van der Waals surface area contributed by atoms with Crippen LogP contribution >= 0.6 is 11.6 Å². The minimum absolute atomic E-state index is 0.00750. The Bertz CT molecular complexity index is 1090. The number of halogens is 2. The third kappa shape index (κ3) is 7.00. The summed E-state index contributed by atoms with van der Waals surface area (Å²) in [6.45, 7) is 7.11. The topological polar surface area (TPSA) is 98.2 Å². The van der Waals surface area contributed by atoms with Crippen molar-refractivity contribution < 1.29 is 22.3 Å². The van der Waals surface area contributed by atoms with E-state index in [-0.39, 0.29) is 16.8 Å². The fraction of sp³-hybridized carbons (Fsp3) is 0.381. The average Bonchev–Trinajstić information content (AvgIpc) is 2.67. The maximum Gasteiger partial charge on any atom is 0.289 e. The molecule has 0 aliphatic rings. The molecule has 0 radical (unpaired) electrons. The molecule has 1 N–H and O–H groups in total. The van der Waals surface area contributed by atoms with Gasteiger partial charge in [-0.15, -0.1) is 0 Å². The van der Waals surface area contributed by atoms with Crippen LogP contribution < -0.4 is 10.1 Å². The number of rotatable bonds is 8. The Kier molecular flexibility index (Phi) is 8.14. The van der Waals surface area contributed by atoms with Crippen LogP contribution in [0.4, 0.5) is 4.39 Å². The lowest BCUT2D eigenvalue weighted by molar-refractivity contribution is 0.0935. The maximum atomic E-state index is 13.9. The molecule has 1 aromatic heterocycles. The lowest BCUT2D eigenvalue weighted by Crippen LogP contribution is -2.32. The first-order chi connectivity index (χ1) is 14.4. The van der Waals surface area contributed by atoms with Crippen molar-refractivity contribution in [3.63, 3.8) is 0 Å². The van der Waals surface area contributed by atoms with Gasteiger partial charge in [0.1, 0.15) is 11.9 Å². The van der Waals surface area contributed by atoms with Crippen LogP contribution in [-0.4, -0.2) is 36.6 Å². The molecule has 2 aromatic rings. The summed E-state index contributed by atoms with van der Waals surface area (Å²) in [6.07, 6.45) is 3.24. The minimum atomic E-state index is -3.29. The van der Waals surface area contributed by atoms with Gasteiger partial charge < -0.3 is 10.1 Å². The zero-order valence-corrected chi connectivity index (χ0v) is 19.5. The Labute approximate surface area is 186 Å². The van der Waals surface area contributed by atoms with Crippen LogP contribution in [0.25, 0.3) is 0 Å². The molecule has 168 valence electrons. The summed E-state index contributed by atoms with van der Waals surface area (Å²) >= 11 is 6.12. The van der Waals surface area contributed by atoms with Crippen molar-refractivity contribution in [2.75, 3.05) is 6.26 Å². The van der Waals surface area contributed by atoms with Gasteiger partial charge in [0.15, 0.2) is 15.6 Å². The number of sulfone groups is 1. The number of ether oxygens (including phenoxy) is 1. The molecule has 2 atom stereocenters. The molecule has 31 heavy (non-hydrogen) atoms. The van der Waals surface area contributed by atoms with Gasteiger partial charge in [0.2, 0.25) is 5.82 Å². The predicted octanol–water partition coefficient (Wildman–Crippen LogP) is 4.03. The Balaban J connectivity index is 2.20. The van der Waals surface area contributed by atoms with E-state index in [0.29, 0.717) is 17.0 Å². The number of nitrogens with one attached hydrogen (secondary N) is 1. The van der Waals surface area contributed by atoms with E-state index < -0.39 is 33.7 Å². The lowest BCUT2D eigenvalue weighted by atomic mass is 9.98. The molecule has 0 saturated heterocycles. The fourth-order valence-corrected chi connectivity index (χ4v) is 3.45. The third-order valence-corrected chi connectivity index (χ3v) is 5.31. The van der Waals surface area contributed by atoms with E-state index in [1.165, 1.54) is 18.3 Å². The molecule has 2 rings (SSSR count). The van der Waals surface area contributed by atoms with Crippen LogP contribution in [0.2, 0.25) is 5.02 Å². The van der Waals surface area contributed by atoms with E-state index in [2.05, 4.69) is 15.3 Å². The first kappa shape index (κ1) is 24.7. The molecule has 10 heteroatoms. The van der Waals surface area contributed by atoms with Crippen molar-refractivity contribution in [2.45, 2.75) is 39.8 Å². The van der Waals surface area contributed by atoms with Crippen LogP contribution in [0.1, 0.15) is 48.8 Å². The highest BCUT2D eigenvalue weighted by Crippen LogP contribution is 2.34. The number of benzene rings is 1. The molecule has 1 unspecified atom stereocenters. The summed E-state index contributed by atoms with van der Waals surface area (Å²) in [4.78, 5) is 20.6. The number of hydrogen-bond donors (Lipinski definition) is 1. The van der Waals surface area contributed by atoms with E-state index in [1.54, 1.807) is 26.0 Å². The number of nitrogens with zero attached hydrogens (tertiary/aromatic N) is 2. The lowest BCUT2D eigenvalue weighted by Gasteiger charge is -2.24. The second kappa shape index (κ2) is 10.2. The normalized spacial score (nSPS) is 13.9. The molecule has 0 aliphatic heterocycles. The van der Waals surface area contributed by atoms with E-state index in [0.717, 1.165) is 11.7 Å². The van der Waals surface area contributed by atoms with Gasteiger partial charge in [-0.2, -0.15) is 0 Å². The maximum absolute atomic E-state index is 13.9. The van der Waals surface area contributed by atoms with Crippen LogP contribution in [0.3, 0.4) is 0 Å². The quantitative estimate of drug-likeness (QED) is 0.626. The number of carbonyl (C=O) groups excluding carboxylic acids is 1. The molecule has 0 bridgehead atoms. The average molecular weight is 470 g/mol. The van der Waals surface area contributed by atoms with Crippen molar-refractivity contribution >= 4 is 27.3 Å². The van der Waals surface area contributed by atoms with Crippen molar-refractivity contribution in [2.24, 2.45) is 5.92 Å². The van der Waals surface area contributed by atoms with Crippen LogP contribution in [-0.2, 0) is 9.84 Å². The number of amides is 1. The van der Waals surface area contributed by atoms with Gasteiger partial charge in [0.05, 0.1) is 16.9 Å². The molecule has 1 amide bonds. The minimum Gasteiger partial charge on any atom is -0.482 e. The van der Waals surface area contributed by atoms with Crippen molar-refractivity contribution in [3.05, 3.63) is 63.8 Å². The smallest absolute Gasteiger partial charge is 0.289 e. The zero-order valence-electron chi connectivity index (χ0n) is 17.9. The SMILES string of the molecule is Cc1nc(C(=O)N[C@H](C)/C=C/S(C)(=O)=O)ncc1OC(c1cccc(F)c1Cl)C(C)C. The molecular weight excluding hydrogens is 445 g/mol. The Morgan fingerprint density at radius 2 is 1.97 bits per heavy atom. The van der Waals surface area contributed by atoms with E-state index >= 15 is 0 Å². The summed E-state index contributed by atoms with van der Waals surface area (Å²) < 4.78 is 42.3. The molecule has 7 nitrogen and oxygen atoms in total. The predicted molar refractivity (Wildman–Crippen MR) is 117 cm³/mol. The van der Waals surface area contributed by atoms with Gasteiger partial charge in [-0.3, -0.25) is 4.79 Å². The van der Waals surface area contributed by atoms with Gasteiger partial charge in [0.25, 0.3) is 5.91 Å². The van der Waals surface area contributed by atoms with Gasteiger partial charge in [-0.25, -0.2) is 22.8 Å². The Hall–Kier alpha value is -2.52. The van der Waals surface area contributed by atoms with Gasteiger partial charge in [0, 0.05) is 23.3 Å². The highest BCUT2D eigenvalue weighted by molar-refractivity contribution is 7.93. The summed E-state index contributed by atoms with van der Waals surface area (Å²) in [5, 5.41) is 3.61. The largest absolute Gasteiger partial charge is 0.482 e. The van der Waals surface area contributed by atoms with Gasteiger partial charge >= 0.3 is 0 Å². The molecule has 0 saturated carbocycles. The highest BCUT2D eigenvalue weighted by Gasteiger charge is 2.24. The Morgan fingerprint density at radius 3 is 2.55 bits per heavy atom. The monoisotopic (exact) mass is 469 g/mol. The van der Waals surface area contributed by atoms with Crippen molar-refractivity contribution in [3.8, 4) is 5.75 Å². The standard InChI is InChI=1S/C21H25ClFN3O4S/c1-12(2)19(15-7-6-8-16(23)18(15)22)30-17-11-24-20(26-14(17)4)21(27)25-13(3)9-10-31(5,28)29/h6-13,19H,1-5H3,(H,25,27)/b10-9+/t13-,19?/m1/s1. The first-order valence-corrected chi connectivity index (χ1v) is 11.9. The van der Waals surface area contributed by atoms with Gasteiger partial charge in [-0.05, 0) is 25.8 Å². The summed E-state index contributed by atoms with van der Waals surface area (Å²) in [6, 6.07) is 3.99. The van der Waals surface area contributed by atoms with Crippen molar-refractivity contribution in [1.82, 2.24) is 15.3 Å². The molecule has 1 aromatic carbocycles. The second-order valence-corrected chi connectivity index (χ2v) is 9.80. The molecule has 0 spiro atoms.